The third kappa shape index (κ3) is 4.91. The predicted molar refractivity (Wildman–Crippen MR) is 81.7 cm³/mol. The number of aryl methyl sites for hydroxylation is 1. The number of benzene rings is 2. The van der Waals surface area contributed by atoms with Crippen molar-refractivity contribution in [2.75, 3.05) is 10.6 Å². The van der Waals surface area contributed by atoms with Crippen LogP contribution in [0.1, 0.15) is 11.1 Å². The van der Waals surface area contributed by atoms with Crippen LogP contribution in [0.2, 0.25) is 0 Å². The molecule has 0 saturated heterocycles. The summed E-state index contributed by atoms with van der Waals surface area (Å²) in [5.41, 5.74) is 3.00. The first-order valence-corrected chi connectivity index (χ1v) is 6.74. The van der Waals surface area contributed by atoms with Crippen LogP contribution >= 0.6 is 0 Å². The molecular weight excluding hydrogens is 309 g/mol. The zero-order chi connectivity index (χ0) is 17.0. The molecule has 23 heavy (non-hydrogen) atoms. The van der Waals surface area contributed by atoms with Crippen molar-refractivity contribution in [3.05, 3.63) is 53.6 Å². The van der Waals surface area contributed by atoms with Gasteiger partial charge in [-0.25, -0.2) is 4.79 Å². The van der Waals surface area contributed by atoms with Crippen LogP contribution in [-0.4, -0.2) is 12.4 Å². The lowest BCUT2D eigenvalue weighted by atomic mass is 10.1. The predicted octanol–water partition coefficient (Wildman–Crippen LogP) is 4.85. The van der Waals surface area contributed by atoms with Gasteiger partial charge in [-0.05, 0) is 55.3 Å². The van der Waals surface area contributed by atoms with Gasteiger partial charge in [0.1, 0.15) is 5.75 Å². The highest BCUT2D eigenvalue weighted by atomic mass is 19.4. The van der Waals surface area contributed by atoms with Crippen LogP contribution in [-0.2, 0) is 0 Å². The Morgan fingerprint density at radius 1 is 1.00 bits per heavy atom. The van der Waals surface area contributed by atoms with Crippen molar-refractivity contribution in [1.82, 2.24) is 0 Å². The van der Waals surface area contributed by atoms with Crippen LogP contribution in [0.5, 0.6) is 5.75 Å². The zero-order valence-electron chi connectivity index (χ0n) is 12.5. The van der Waals surface area contributed by atoms with Crippen LogP contribution < -0.4 is 15.4 Å². The summed E-state index contributed by atoms with van der Waals surface area (Å²) in [5, 5.41) is 5.23. The second kappa shape index (κ2) is 6.60. The van der Waals surface area contributed by atoms with Gasteiger partial charge in [-0.3, -0.25) is 0 Å². The minimum absolute atomic E-state index is 0.349. The Bertz CT molecular complexity index is 697. The molecule has 0 saturated carbocycles. The molecule has 0 unspecified atom stereocenters. The van der Waals surface area contributed by atoms with Crippen molar-refractivity contribution >= 4 is 17.4 Å². The van der Waals surface area contributed by atoms with Crippen molar-refractivity contribution in [2.45, 2.75) is 20.2 Å². The summed E-state index contributed by atoms with van der Waals surface area (Å²) in [6.45, 7) is 3.81. The molecule has 0 atom stereocenters. The lowest BCUT2D eigenvalue weighted by Crippen LogP contribution is -2.20. The third-order valence-electron chi connectivity index (χ3n) is 3.20. The number of carbonyl (C=O) groups is 1. The maximum Gasteiger partial charge on any atom is 0.573 e. The Morgan fingerprint density at radius 3 is 2.26 bits per heavy atom. The topological polar surface area (TPSA) is 50.4 Å². The molecule has 0 aromatic heterocycles. The monoisotopic (exact) mass is 324 g/mol. The van der Waals surface area contributed by atoms with Gasteiger partial charge in [0.25, 0.3) is 0 Å². The van der Waals surface area contributed by atoms with Crippen LogP contribution in [0, 0.1) is 13.8 Å². The zero-order valence-corrected chi connectivity index (χ0v) is 12.5. The van der Waals surface area contributed by atoms with Gasteiger partial charge in [0.05, 0.1) is 0 Å². The van der Waals surface area contributed by atoms with Crippen molar-refractivity contribution in [3.8, 4) is 5.75 Å². The summed E-state index contributed by atoms with van der Waals surface area (Å²) in [6.07, 6.45) is -4.74. The number of nitrogens with one attached hydrogen (secondary N) is 2. The molecule has 0 fully saturated rings. The summed E-state index contributed by atoms with van der Waals surface area (Å²) in [4.78, 5) is 11.9. The van der Waals surface area contributed by atoms with Crippen LogP contribution in [0.25, 0.3) is 0 Å². The molecular formula is C16H15F3N2O2. The van der Waals surface area contributed by atoms with Gasteiger partial charge in [-0.2, -0.15) is 0 Å². The summed E-state index contributed by atoms with van der Waals surface area (Å²) in [5.74, 6) is -0.349. The largest absolute Gasteiger partial charge is 0.573 e. The minimum atomic E-state index is -4.74. The maximum atomic E-state index is 12.1. The third-order valence-corrected chi connectivity index (χ3v) is 3.20. The number of hydrogen-bond donors (Lipinski definition) is 2. The second-order valence-corrected chi connectivity index (χ2v) is 4.90. The standard InChI is InChI=1S/C16H15F3N2O2/c1-10-4-3-5-14(11(10)2)21-15(22)20-12-6-8-13(9-7-12)23-16(17,18)19/h3-9H,1-2H3,(H2,20,21,22). The van der Waals surface area contributed by atoms with Gasteiger partial charge in [-0.15, -0.1) is 13.2 Å². The molecule has 0 heterocycles. The molecule has 2 aromatic carbocycles. The van der Waals surface area contributed by atoms with E-state index in [1.54, 1.807) is 6.07 Å². The molecule has 7 heteroatoms. The molecule has 2 rings (SSSR count). The highest BCUT2D eigenvalue weighted by Gasteiger charge is 2.30. The fraction of sp³-hybridized carbons (Fsp3) is 0.188. The molecule has 0 aliphatic rings. The molecule has 0 spiro atoms. The quantitative estimate of drug-likeness (QED) is 0.848. The second-order valence-electron chi connectivity index (χ2n) is 4.90. The number of alkyl halides is 3. The molecule has 4 nitrogen and oxygen atoms in total. The van der Waals surface area contributed by atoms with E-state index in [2.05, 4.69) is 15.4 Å². The Labute approximate surface area is 131 Å². The highest BCUT2D eigenvalue weighted by molar-refractivity contribution is 6.00. The molecule has 0 bridgehead atoms. The van der Waals surface area contributed by atoms with E-state index in [4.69, 9.17) is 0 Å². The number of anilines is 2. The van der Waals surface area contributed by atoms with Gasteiger partial charge in [-0.1, -0.05) is 12.1 Å². The smallest absolute Gasteiger partial charge is 0.406 e. The number of amides is 2. The number of ether oxygens (including phenoxy) is 1. The molecule has 0 aliphatic carbocycles. The van der Waals surface area contributed by atoms with E-state index in [0.29, 0.717) is 11.4 Å². The van der Waals surface area contributed by atoms with Crippen molar-refractivity contribution in [1.29, 1.82) is 0 Å². The fourth-order valence-electron chi connectivity index (χ4n) is 1.91. The molecule has 0 aliphatic heterocycles. The van der Waals surface area contributed by atoms with Crippen LogP contribution in [0.3, 0.4) is 0 Å². The summed E-state index contributed by atoms with van der Waals surface area (Å²) in [6, 6.07) is 9.93. The summed E-state index contributed by atoms with van der Waals surface area (Å²) in [7, 11) is 0. The minimum Gasteiger partial charge on any atom is -0.406 e. The van der Waals surface area contributed by atoms with Gasteiger partial charge in [0.15, 0.2) is 0 Å². The number of urea groups is 1. The van der Waals surface area contributed by atoms with E-state index in [9.17, 15) is 18.0 Å². The average molecular weight is 324 g/mol. The lowest BCUT2D eigenvalue weighted by molar-refractivity contribution is -0.274. The van der Waals surface area contributed by atoms with E-state index in [1.165, 1.54) is 12.1 Å². The highest BCUT2D eigenvalue weighted by Crippen LogP contribution is 2.24. The molecule has 2 aromatic rings. The van der Waals surface area contributed by atoms with E-state index < -0.39 is 12.4 Å². The molecule has 0 radical (unpaired) electrons. The average Bonchev–Trinajstić information content (AvgIpc) is 2.44. The van der Waals surface area contributed by atoms with E-state index in [0.717, 1.165) is 23.3 Å². The number of carbonyl (C=O) groups excluding carboxylic acids is 1. The lowest BCUT2D eigenvalue weighted by Gasteiger charge is -2.12. The molecule has 122 valence electrons. The van der Waals surface area contributed by atoms with Crippen molar-refractivity contribution in [2.24, 2.45) is 0 Å². The van der Waals surface area contributed by atoms with Gasteiger partial charge in [0, 0.05) is 11.4 Å². The van der Waals surface area contributed by atoms with Crippen LogP contribution in [0.4, 0.5) is 29.3 Å². The van der Waals surface area contributed by atoms with Gasteiger partial charge in [0.2, 0.25) is 0 Å². The Kier molecular flexibility index (Phi) is 4.78. The van der Waals surface area contributed by atoms with E-state index in [1.807, 2.05) is 26.0 Å². The SMILES string of the molecule is Cc1cccc(NC(=O)Nc2ccc(OC(F)(F)F)cc2)c1C. The Balaban J connectivity index is 1.99. The Hall–Kier alpha value is -2.70. The maximum absolute atomic E-state index is 12.1. The van der Waals surface area contributed by atoms with E-state index in [-0.39, 0.29) is 5.75 Å². The Morgan fingerprint density at radius 2 is 1.65 bits per heavy atom. The number of halogens is 3. The first kappa shape index (κ1) is 16.7. The summed E-state index contributed by atoms with van der Waals surface area (Å²) >= 11 is 0. The van der Waals surface area contributed by atoms with Crippen molar-refractivity contribution in [3.63, 3.8) is 0 Å². The molecule has 2 N–H and O–H groups in total. The van der Waals surface area contributed by atoms with E-state index >= 15 is 0 Å². The van der Waals surface area contributed by atoms with Crippen molar-refractivity contribution < 1.29 is 22.7 Å². The van der Waals surface area contributed by atoms with Crippen LogP contribution in [0.15, 0.2) is 42.5 Å². The number of rotatable bonds is 3. The first-order chi connectivity index (χ1) is 10.7. The molecule has 2 amide bonds. The summed E-state index contributed by atoms with van der Waals surface area (Å²) < 4.78 is 39.9. The normalized spacial score (nSPS) is 11.0. The van der Waals surface area contributed by atoms with Gasteiger partial charge >= 0.3 is 12.4 Å². The fourth-order valence-corrected chi connectivity index (χ4v) is 1.91. The number of hydrogen-bond acceptors (Lipinski definition) is 2. The first-order valence-electron chi connectivity index (χ1n) is 6.74. The van der Waals surface area contributed by atoms with Gasteiger partial charge < -0.3 is 15.4 Å².